The van der Waals surface area contributed by atoms with Gasteiger partial charge < -0.3 is 5.11 Å². The molecule has 0 spiro atoms. The molecule has 88 valence electrons. The topological polar surface area (TPSA) is 63.1 Å². The second-order valence-electron chi connectivity index (χ2n) is 3.23. The van der Waals surface area contributed by atoms with E-state index in [-0.39, 0.29) is 16.6 Å². The fraction of sp³-hybridized carbons (Fsp3) is 0.100. The summed E-state index contributed by atoms with van der Waals surface area (Å²) < 4.78 is 37.1. The molecule has 0 radical (unpaired) electrons. The van der Waals surface area contributed by atoms with E-state index in [4.69, 9.17) is 5.11 Å². The lowest BCUT2D eigenvalue weighted by Gasteiger charge is -2.07. The first-order chi connectivity index (χ1) is 7.89. The van der Waals surface area contributed by atoms with Crippen molar-refractivity contribution < 1.29 is 23.1 Å². The van der Waals surface area contributed by atoms with E-state index in [1.165, 1.54) is 6.07 Å². The molecular formula is C10H5F3N2O2. The molecule has 2 aromatic heterocycles. The van der Waals surface area contributed by atoms with Gasteiger partial charge in [-0.1, -0.05) is 0 Å². The van der Waals surface area contributed by atoms with Gasteiger partial charge in [0.25, 0.3) is 0 Å². The van der Waals surface area contributed by atoms with Crippen LogP contribution in [0.5, 0.6) is 0 Å². The quantitative estimate of drug-likeness (QED) is 0.833. The van der Waals surface area contributed by atoms with Gasteiger partial charge in [-0.15, -0.1) is 0 Å². The summed E-state index contributed by atoms with van der Waals surface area (Å²) in [6, 6.07) is 3.02. The monoisotopic (exact) mass is 242 g/mol. The third-order valence-electron chi connectivity index (χ3n) is 2.11. The molecule has 0 bridgehead atoms. The Kier molecular flexibility index (Phi) is 2.45. The van der Waals surface area contributed by atoms with Crippen LogP contribution in [-0.2, 0) is 6.18 Å². The second kappa shape index (κ2) is 3.69. The van der Waals surface area contributed by atoms with Crippen LogP contribution in [-0.4, -0.2) is 21.0 Å². The number of aromatic carboxylic acids is 1. The smallest absolute Gasteiger partial charge is 0.433 e. The molecule has 0 aliphatic carbocycles. The first kappa shape index (κ1) is 11.3. The summed E-state index contributed by atoms with van der Waals surface area (Å²) in [7, 11) is 0. The van der Waals surface area contributed by atoms with Gasteiger partial charge in [0, 0.05) is 11.6 Å². The first-order valence-corrected chi connectivity index (χ1v) is 4.46. The number of carboxylic acids is 1. The number of rotatable bonds is 1. The predicted molar refractivity (Wildman–Crippen MR) is 51.5 cm³/mol. The third kappa shape index (κ3) is 2.03. The van der Waals surface area contributed by atoms with Crippen LogP contribution in [0.25, 0.3) is 10.9 Å². The summed E-state index contributed by atoms with van der Waals surface area (Å²) in [5.74, 6) is -1.31. The zero-order chi connectivity index (χ0) is 12.6. The number of pyridine rings is 2. The highest BCUT2D eigenvalue weighted by atomic mass is 19.4. The number of carbonyl (C=O) groups is 1. The minimum atomic E-state index is -4.55. The second-order valence-corrected chi connectivity index (χ2v) is 3.23. The van der Waals surface area contributed by atoms with E-state index >= 15 is 0 Å². The average molecular weight is 242 g/mol. The number of alkyl halides is 3. The van der Waals surface area contributed by atoms with Gasteiger partial charge in [0.05, 0.1) is 5.52 Å². The molecule has 2 aromatic rings. The van der Waals surface area contributed by atoms with E-state index in [0.29, 0.717) is 0 Å². The summed E-state index contributed by atoms with van der Waals surface area (Å²) in [5.41, 5.74) is -1.43. The van der Waals surface area contributed by atoms with Gasteiger partial charge in [-0.05, 0) is 18.2 Å². The minimum Gasteiger partial charge on any atom is -0.476 e. The number of aromatic nitrogens is 2. The molecule has 0 atom stereocenters. The van der Waals surface area contributed by atoms with Crippen molar-refractivity contribution in [2.45, 2.75) is 6.18 Å². The lowest BCUT2D eigenvalue weighted by molar-refractivity contribution is -0.140. The fourth-order valence-electron chi connectivity index (χ4n) is 1.38. The molecule has 0 aromatic carbocycles. The number of halogens is 3. The summed E-state index contributed by atoms with van der Waals surface area (Å²) in [6.45, 7) is 0. The van der Waals surface area contributed by atoms with Crippen LogP contribution in [0.4, 0.5) is 13.2 Å². The van der Waals surface area contributed by atoms with Crippen molar-refractivity contribution in [1.82, 2.24) is 9.97 Å². The number of hydrogen-bond donors (Lipinski definition) is 1. The average Bonchev–Trinajstić information content (AvgIpc) is 2.26. The van der Waals surface area contributed by atoms with E-state index in [2.05, 4.69) is 9.97 Å². The van der Waals surface area contributed by atoms with E-state index in [0.717, 1.165) is 18.3 Å². The Morgan fingerprint density at radius 3 is 2.53 bits per heavy atom. The number of carboxylic acid groups (broad SMARTS) is 1. The summed E-state index contributed by atoms with van der Waals surface area (Å²) >= 11 is 0. The third-order valence-corrected chi connectivity index (χ3v) is 2.11. The highest BCUT2D eigenvalue weighted by Crippen LogP contribution is 2.29. The van der Waals surface area contributed by atoms with E-state index in [1.807, 2.05) is 0 Å². The minimum absolute atomic E-state index is 0.0489. The number of nitrogens with zero attached hydrogens (tertiary/aromatic N) is 2. The highest BCUT2D eigenvalue weighted by molar-refractivity contribution is 6.00. The zero-order valence-corrected chi connectivity index (χ0v) is 8.19. The van der Waals surface area contributed by atoms with Crippen LogP contribution in [0.2, 0.25) is 0 Å². The zero-order valence-electron chi connectivity index (χ0n) is 8.19. The van der Waals surface area contributed by atoms with Crippen molar-refractivity contribution >= 4 is 16.9 Å². The molecule has 2 rings (SSSR count). The fourth-order valence-corrected chi connectivity index (χ4v) is 1.38. The van der Waals surface area contributed by atoms with Crippen molar-refractivity contribution in [2.75, 3.05) is 0 Å². The van der Waals surface area contributed by atoms with Crippen LogP contribution < -0.4 is 0 Å². The van der Waals surface area contributed by atoms with Crippen molar-refractivity contribution in [3.8, 4) is 0 Å². The molecule has 0 aliphatic rings. The lowest BCUT2D eigenvalue weighted by atomic mass is 10.2. The maximum absolute atomic E-state index is 12.4. The maximum Gasteiger partial charge on any atom is 0.433 e. The van der Waals surface area contributed by atoms with E-state index in [1.54, 1.807) is 0 Å². The van der Waals surface area contributed by atoms with Crippen molar-refractivity contribution in [3.05, 3.63) is 35.8 Å². The van der Waals surface area contributed by atoms with Crippen molar-refractivity contribution in [2.24, 2.45) is 0 Å². The Morgan fingerprint density at radius 2 is 1.94 bits per heavy atom. The first-order valence-electron chi connectivity index (χ1n) is 4.46. The SMILES string of the molecule is O=C(O)c1nccc2nc(C(F)(F)F)ccc12. The van der Waals surface area contributed by atoms with Crippen molar-refractivity contribution in [1.29, 1.82) is 0 Å². The number of fused-ring (bicyclic) bond motifs is 1. The molecule has 0 aliphatic heterocycles. The summed E-state index contributed by atoms with van der Waals surface area (Å²) in [4.78, 5) is 17.7. The van der Waals surface area contributed by atoms with Crippen LogP contribution in [0.1, 0.15) is 16.2 Å². The van der Waals surface area contributed by atoms with E-state index in [9.17, 15) is 18.0 Å². The van der Waals surface area contributed by atoms with Crippen LogP contribution in [0.3, 0.4) is 0 Å². The standard InChI is InChI=1S/C10H5F3N2O2/c11-10(12,13)7-2-1-5-6(15-7)3-4-14-8(5)9(16)17/h1-4H,(H,16,17). The van der Waals surface area contributed by atoms with E-state index < -0.39 is 17.8 Å². The molecule has 2 heterocycles. The van der Waals surface area contributed by atoms with Gasteiger partial charge >= 0.3 is 12.1 Å². The summed E-state index contributed by atoms with van der Waals surface area (Å²) in [6.07, 6.45) is -3.44. The van der Waals surface area contributed by atoms with Gasteiger partial charge in [-0.3, -0.25) is 0 Å². The van der Waals surface area contributed by atoms with Crippen LogP contribution in [0, 0.1) is 0 Å². The molecule has 0 saturated carbocycles. The molecule has 0 unspecified atom stereocenters. The van der Waals surface area contributed by atoms with Crippen LogP contribution in [0.15, 0.2) is 24.4 Å². The van der Waals surface area contributed by atoms with Gasteiger partial charge in [0.15, 0.2) is 5.69 Å². The normalized spacial score (nSPS) is 11.7. The number of hydrogen-bond acceptors (Lipinski definition) is 3. The molecular weight excluding hydrogens is 237 g/mol. The molecule has 0 fully saturated rings. The molecule has 7 heteroatoms. The Hall–Kier alpha value is -2.18. The molecule has 0 amide bonds. The molecule has 17 heavy (non-hydrogen) atoms. The molecule has 4 nitrogen and oxygen atoms in total. The van der Waals surface area contributed by atoms with Gasteiger partial charge in [0.2, 0.25) is 0 Å². The highest BCUT2D eigenvalue weighted by Gasteiger charge is 2.32. The van der Waals surface area contributed by atoms with Crippen molar-refractivity contribution in [3.63, 3.8) is 0 Å². The maximum atomic E-state index is 12.4. The Bertz CT molecular complexity index is 596. The Morgan fingerprint density at radius 1 is 1.24 bits per heavy atom. The van der Waals surface area contributed by atoms with Crippen LogP contribution >= 0.6 is 0 Å². The predicted octanol–water partition coefficient (Wildman–Crippen LogP) is 2.35. The molecule has 1 N–H and O–H groups in total. The van der Waals surface area contributed by atoms with Gasteiger partial charge in [-0.25, -0.2) is 14.8 Å². The van der Waals surface area contributed by atoms with Gasteiger partial charge in [-0.2, -0.15) is 13.2 Å². The largest absolute Gasteiger partial charge is 0.476 e. The van der Waals surface area contributed by atoms with Gasteiger partial charge in [0.1, 0.15) is 5.69 Å². The Labute approximate surface area is 92.7 Å². The molecule has 0 saturated heterocycles. The Balaban J connectivity index is 2.69. The summed E-state index contributed by atoms with van der Waals surface area (Å²) in [5, 5.41) is 8.88. The lowest BCUT2D eigenvalue weighted by Crippen LogP contribution is -2.09.